The summed E-state index contributed by atoms with van der Waals surface area (Å²) in [5.41, 5.74) is 0. The van der Waals surface area contributed by atoms with Crippen molar-refractivity contribution in [3.8, 4) is 5.75 Å². The lowest BCUT2D eigenvalue weighted by Crippen LogP contribution is -2.34. The first-order chi connectivity index (χ1) is 6.75. The van der Waals surface area contributed by atoms with E-state index in [0.717, 1.165) is 31.7 Å². The summed E-state index contributed by atoms with van der Waals surface area (Å²) < 4.78 is 5.98. The molecule has 1 aliphatic heterocycles. The third-order valence-electron chi connectivity index (χ3n) is 2.58. The molecule has 0 saturated carbocycles. The molecule has 1 aromatic heterocycles. The number of hydrogen-bond acceptors (Lipinski definition) is 3. The monoisotopic (exact) mass is 211 g/mol. The van der Waals surface area contributed by atoms with E-state index in [9.17, 15) is 0 Å². The minimum atomic E-state index is 0.420. The summed E-state index contributed by atoms with van der Waals surface area (Å²) in [6, 6.07) is 2.15. The van der Waals surface area contributed by atoms with Crippen molar-refractivity contribution in [3.05, 3.63) is 15.8 Å². The zero-order chi connectivity index (χ0) is 9.97. The summed E-state index contributed by atoms with van der Waals surface area (Å²) >= 11 is 1.82. The first-order valence-corrected chi connectivity index (χ1v) is 6.02. The fraction of sp³-hybridized carbons (Fsp3) is 0.636. The molecule has 0 radical (unpaired) electrons. The molecule has 0 aromatic carbocycles. The smallest absolute Gasteiger partial charge is 0.133 e. The Kier molecular flexibility index (Phi) is 3.08. The van der Waals surface area contributed by atoms with Gasteiger partial charge in [0.25, 0.3) is 0 Å². The Hall–Kier alpha value is -0.540. The third-order valence-corrected chi connectivity index (χ3v) is 3.52. The van der Waals surface area contributed by atoms with Crippen LogP contribution in [0.4, 0.5) is 0 Å². The van der Waals surface area contributed by atoms with E-state index in [1.54, 1.807) is 0 Å². The number of nitrogens with one attached hydrogen (secondary N) is 1. The molecule has 0 spiro atoms. The molecule has 0 unspecified atom stereocenters. The lowest BCUT2D eigenvalue weighted by molar-refractivity contribution is 0.162. The lowest BCUT2D eigenvalue weighted by atomic mass is 10.1. The van der Waals surface area contributed by atoms with Gasteiger partial charge >= 0.3 is 0 Å². The molecule has 0 amide bonds. The van der Waals surface area contributed by atoms with Gasteiger partial charge in [0.15, 0.2) is 0 Å². The first kappa shape index (κ1) is 9.99. The average molecular weight is 211 g/mol. The Bertz CT molecular complexity index is 302. The normalized spacial score (nSPS) is 18.4. The topological polar surface area (TPSA) is 21.3 Å². The van der Waals surface area contributed by atoms with Crippen molar-refractivity contribution in [3.63, 3.8) is 0 Å². The van der Waals surface area contributed by atoms with Gasteiger partial charge in [0.2, 0.25) is 0 Å². The van der Waals surface area contributed by atoms with Gasteiger partial charge in [-0.2, -0.15) is 0 Å². The number of ether oxygens (including phenoxy) is 1. The largest absolute Gasteiger partial charge is 0.489 e. The van der Waals surface area contributed by atoms with Crippen LogP contribution in [0.5, 0.6) is 5.75 Å². The average Bonchev–Trinajstić information content (AvgIpc) is 2.47. The van der Waals surface area contributed by atoms with E-state index in [2.05, 4.69) is 25.2 Å². The van der Waals surface area contributed by atoms with Crippen molar-refractivity contribution in [2.75, 3.05) is 13.1 Å². The molecule has 1 fully saturated rings. The van der Waals surface area contributed by atoms with Gasteiger partial charge in [0.05, 0.1) is 0 Å². The highest BCUT2D eigenvalue weighted by Crippen LogP contribution is 2.29. The van der Waals surface area contributed by atoms with Gasteiger partial charge in [-0.15, -0.1) is 11.3 Å². The van der Waals surface area contributed by atoms with Crippen LogP contribution in [-0.2, 0) is 0 Å². The Labute approximate surface area is 89.3 Å². The Balaban J connectivity index is 1.98. The van der Waals surface area contributed by atoms with Crippen LogP contribution in [0.15, 0.2) is 6.07 Å². The van der Waals surface area contributed by atoms with Crippen molar-refractivity contribution in [1.29, 1.82) is 0 Å². The summed E-state index contributed by atoms with van der Waals surface area (Å²) in [6.45, 7) is 6.45. The Morgan fingerprint density at radius 3 is 2.64 bits per heavy atom. The standard InChI is InChI=1S/C11H17NOS/c1-8-7-11(9(2)14-8)13-10-3-5-12-6-4-10/h7,10,12H,3-6H2,1-2H3. The highest BCUT2D eigenvalue weighted by molar-refractivity contribution is 7.12. The molecule has 1 N–H and O–H groups in total. The van der Waals surface area contributed by atoms with Gasteiger partial charge < -0.3 is 10.1 Å². The summed E-state index contributed by atoms with van der Waals surface area (Å²) in [5.74, 6) is 1.10. The first-order valence-electron chi connectivity index (χ1n) is 5.20. The van der Waals surface area contributed by atoms with E-state index in [0.29, 0.717) is 6.10 Å². The van der Waals surface area contributed by atoms with Crippen molar-refractivity contribution >= 4 is 11.3 Å². The van der Waals surface area contributed by atoms with Gasteiger partial charge in [0.1, 0.15) is 11.9 Å². The van der Waals surface area contributed by atoms with Crippen LogP contribution in [0.2, 0.25) is 0 Å². The molecule has 2 rings (SSSR count). The van der Waals surface area contributed by atoms with Crippen molar-refractivity contribution in [2.45, 2.75) is 32.8 Å². The zero-order valence-corrected chi connectivity index (χ0v) is 9.62. The van der Waals surface area contributed by atoms with Crippen molar-refractivity contribution in [1.82, 2.24) is 5.32 Å². The molecular weight excluding hydrogens is 194 g/mol. The van der Waals surface area contributed by atoms with E-state index >= 15 is 0 Å². The second kappa shape index (κ2) is 4.32. The lowest BCUT2D eigenvalue weighted by Gasteiger charge is -2.23. The quantitative estimate of drug-likeness (QED) is 0.811. The summed E-state index contributed by atoms with van der Waals surface area (Å²) in [4.78, 5) is 2.65. The predicted molar refractivity (Wildman–Crippen MR) is 60.3 cm³/mol. The van der Waals surface area contributed by atoms with Crippen molar-refractivity contribution in [2.24, 2.45) is 0 Å². The van der Waals surface area contributed by atoms with Gasteiger partial charge in [0, 0.05) is 9.75 Å². The molecule has 0 bridgehead atoms. The summed E-state index contributed by atoms with van der Waals surface area (Å²) in [6.07, 6.45) is 2.69. The maximum atomic E-state index is 5.98. The molecule has 0 aliphatic carbocycles. The highest BCUT2D eigenvalue weighted by Gasteiger charge is 2.16. The maximum Gasteiger partial charge on any atom is 0.133 e. The summed E-state index contributed by atoms with van der Waals surface area (Å²) in [7, 11) is 0. The van der Waals surface area contributed by atoms with E-state index in [1.807, 2.05) is 11.3 Å². The van der Waals surface area contributed by atoms with Gasteiger partial charge in [-0.25, -0.2) is 0 Å². The minimum absolute atomic E-state index is 0.420. The summed E-state index contributed by atoms with van der Waals surface area (Å²) in [5, 5.41) is 3.34. The fourth-order valence-corrected chi connectivity index (χ4v) is 2.67. The number of aryl methyl sites for hydroxylation is 2. The molecule has 0 atom stereocenters. The molecule has 14 heavy (non-hydrogen) atoms. The SMILES string of the molecule is Cc1cc(OC2CCNCC2)c(C)s1. The maximum absolute atomic E-state index is 5.98. The molecule has 2 nitrogen and oxygen atoms in total. The number of hydrogen-bond donors (Lipinski definition) is 1. The number of rotatable bonds is 2. The Morgan fingerprint density at radius 2 is 2.07 bits per heavy atom. The molecule has 2 heterocycles. The van der Waals surface area contributed by atoms with E-state index in [4.69, 9.17) is 4.74 Å². The molecule has 3 heteroatoms. The van der Waals surface area contributed by atoms with Gasteiger partial charge in [-0.05, 0) is 45.8 Å². The predicted octanol–water partition coefficient (Wildman–Crippen LogP) is 2.50. The molecule has 1 saturated heterocycles. The second-order valence-corrected chi connectivity index (χ2v) is 5.31. The van der Waals surface area contributed by atoms with Crippen molar-refractivity contribution < 1.29 is 4.74 Å². The van der Waals surface area contributed by atoms with Gasteiger partial charge in [-0.1, -0.05) is 0 Å². The van der Waals surface area contributed by atoms with Crippen LogP contribution < -0.4 is 10.1 Å². The molecule has 78 valence electrons. The molecule has 1 aromatic rings. The number of thiophene rings is 1. The minimum Gasteiger partial charge on any atom is -0.489 e. The molecule has 1 aliphatic rings. The van der Waals surface area contributed by atoms with Crippen LogP contribution in [-0.4, -0.2) is 19.2 Å². The van der Waals surface area contributed by atoms with Crippen LogP contribution in [0.25, 0.3) is 0 Å². The van der Waals surface area contributed by atoms with Crippen LogP contribution in [0.1, 0.15) is 22.6 Å². The fourth-order valence-electron chi connectivity index (χ4n) is 1.82. The number of piperidine rings is 1. The Morgan fingerprint density at radius 1 is 1.36 bits per heavy atom. The van der Waals surface area contributed by atoms with E-state index in [-0.39, 0.29) is 0 Å². The van der Waals surface area contributed by atoms with Crippen LogP contribution in [0.3, 0.4) is 0 Å². The van der Waals surface area contributed by atoms with Crippen LogP contribution in [0, 0.1) is 13.8 Å². The van der Waals surface area contributed by atoms with E-state index in [1.165, 1.54) is 9.75 Å². The van der Waals surface area contributed by atoms with Crippen LogP contribution >= 0.6 is 11.3 Å². The second-order valence-electron chi connectivity index (χ2n) is 3.84. The highest BCUT2D eigenvalue weighted by atomic mass is 32.1. The van der Waals surface area contributed by atoms with Gasteiger partial charge in [-0.3, -0.25) is 0 Å². The van der Waals surface area contributed by atoms with E-state index < -0.39 is 0 Å². The zero-order valence-electron chi connectivity index (χ0n) is 8.80. The third kappa shape index (κ3) is 2.28. The molecular formula is C11H17NOS.